The Labute approximate surface area is 137 Å². The maximum Gasteiger partial charge on any atom is 0.419 e. The third-order valence-electron chi connectivity index (χ3n) is 3.50. The van der Waals surface area contributed by atoms with E-state index in [9.17, 15) is 9.59 Å². The fourth-order valence-electron chi connectivity index (χ4n) is 2.28. The van der Waals surface area contributed by atoms with Crippen LogP contribution in [0.25, 0.3) is 11.1 Å². The van der Waals surface area contributed by atoms with E-state index in [0.29, 0.717) is 28.3 Å². The molecule has 7 nitrogen and oxygen atoms in total. The first-order valence-corrected chi connectivity index (χ1v) is 7.24. The van der Waals surface area contributed by atoms with E-state index in [2.05, 4.69) is 5.32 Å². The number of methoxy groups -OCH3 is 1. The average molecular weight is 328 g/mol. The number of fused-ring (bicyclic) bond motifs is 1. The fraction of sp³-hybridized carbons (Fsp3) is 0.176. The summed E-state index contributed by atoms with van der Waals surface area (Å²) < 4.78 is 17.0. The van der Waals surface area contributed by atoms with Crippen molar-refractivity contribution in [1.29, 1.82) is 0 Å². The van der Waals surface area contributed by atoms with Crippen molar-refractivity contribution in [2.24, 2.45) is 7.05 Å². The molecule has 7 heteroatoms. The lowest BCUT2D eigenvalue weighted by Gasteiger charge is -2.10. The number of amides is 1. The largest absolute Gasteiger partial charge is 0.493 e. The summed E-state index contributed by atoms with van der Waals surface area (Å²) in [7, 11) is 3.14. The van der Waals surface area contributed by atoms with Crippen LogP contribution >= 0.6 is 0 Å². The summed E-state index contributed by atoms with van der Waals surface area (Å²) in [4.78, 5) is 23.5. The molecule has 0 spiro atoms. The van der Waals surface area contributed by atoms with Crippen molar-refractivity contribution < 1.29 is 18.7 Å². The topological polar surface area (TPSA) is 82.7 Å². The van der Waals surface area contributed by atoms with Gasteiger partial charge < -0.3 is 19.2 Å². The summed E-state index contributed by atoms with van der Waals surface area (Å²) in [6, 6.07) is 12.0. The maximum atomic E-state index is 12.0. The number of nitrogens with zero attached hydrogens (tertiary/aromatic N) is 1. The highest BCUT2D eigenvalue weighted by molar-refractivity contribution is 5.93. The average Bonchev–Trinajstić information content (AvgIpc) is 2.88. The highest BCUT2D eigenvalue weighted by atomic mass is 16.5. The number of benzene rings is 2. The first-order valence-electron chi connectivity index (χ1n) is 7.24. The maximum absolute atomic E-state index is 12.0. The number of aryl methyl sites for hydroxylation is 1. The molecule has 1 aromatic heterocycles. The van der Waals surface area contributed by atoms with E-state index >= 15 is 0 Å². The Morgan fingerprint density at radius 3 is 2.71 bits per heavy atom. The van der Waals surface area contributed by atoms with Crippen molar-refractivity contribution >= 4 is 22.7 Å². The van der Waals surface area contributed by atoms with Crippen LogP contribution in [0.5, 0.6) is 11.5 Å². The van der Waals surface area contributed by atoms with Crippen molar-refractivity contribution in [2.45, 2.75) is 0 Å². The van der Waals surface area contributed by atoms with Gasteiger partial charge in [-0.25, -0.2) is 4.79 Å². The zero-order valence-corrected chi connectivity index (χ0v) is 13.2. The Morgan fingerprint density at radius 1 is 1.21 bits per heavy atom. The highest BCUT2D eigenvalue weighted by Crippen LogP contribution is 2.25. The number of rotatable bonds is 5. The number of carbonyl (C=O) groups excluding carboxylic acids is 1. The lowest BCUT2D eigenvalue weighted by molar-refractivity contribution is -0.118. The molecule has 0 unspecified atom stereocenters. The molecule has 1 heterocycles. The molecule has 124 valence electrons. The third kappa shape index (κ3) is 3.10. The van der Waals surface area contributed by atoms with Gasteiger partial charge in [-0.15, -0.1) is 0 Å². The van der Waals surface area contributed by atoms with E-state index < -0.39 is 5.76 Å². The van der Waals surface area contributed by atoms with E-state index in [-0.39, 0.29) is 12.5 Å². The first kappa shape index (κ1) is 15.7. The van der Waals surface area contributed by atoms with Crippen LogP contribution in [-0.2, 0) is 11.8 Å². The van der Waals surface area contributed by atoms with E-state index in [1.165, 1.54) is 11.7 Å². The second-order valence-corrected chi connectivity index (χ2v) is 5.10. The van der Waals surface area contributed by atoms with Crippen LogP contribution in [0.3, 0.4) is 0 Å². The van der Waals surface area contributed by atoms with Crippen LogP contribution in [-0.4, -0.2) is 24.2 Å². The number of oxazole rings is 1. The van der Waals surface area contributed by atoms with Crippen LogP contribution in [0.1, 0.15) is 0 Å². The van der Waals surface area contributed by atoms with Gasteiger partial charge in [-0.3, -0.25) is 9.36 Å². The molecule has 1 amide bonds. The summed E-state index contributed by atoms with van der Waals surface area (Å²) in [6.45, 7) is -0.164. The van der Waals surface area contributed by atoms with Gasteiger partial charge in [0.05, 0.1) is 12.6 Å². The molecule has 0 saturated heterocycles. The Kier molecular flexibility index (Phi) is 4.24. The second-order valence-electron chi connectivity index (χ2n) is 5.10. The molecule has 24 heavy (non-hydrogen) atoms. The van der Waals surface area contributed by atoms with E-state index in [1.807, 2.05) is 6.07 Å². The van der Waals surface area contributed by atoms with Crippen molar-refractivity contribution in [3.63, 3.8) is 0 Å². The molecule has 0 radical (unpaired) electrons. The number of ether oxygens (including phenoxy) is 2. The fourth-order valence-corrected chi connectivity index (χ4v) is 2.28. The van der Waals surface area contributed by atoms with Gasteiger partial charge in [0.25, 0.3) is 5.91 Å². The Bertz CT molecular complexity index is 942. The number of aromatic nitrogens is 1. The van der Waals surface area contributed by atoms with Crippen LogP contribution in [0, 0.1) is 0 Å². The smallest absolute Gasteiger partial charge is 0.419 e. The molecule has 3 aromatic rings. The van der Waals surface area contributed by atoms with Gasteiger partial charge in [-0.2, -0.15) is 0 Å². The summed E-state index contributed by atoms with van der Waals surface area (Å²) in [5.74, 6) is 0.268. The summed E-state index contributed by atoms with van der Waals surface area (Å²) in [5, 5.41) is 2.72. The second kappa shape index (κ2) is 6.49. The molecule has 0 aliphatic carbocycles. The quantitative estimate of drug-likeness (QED) is 0.776. The predicted molar refractivity (Wildman–Crippen MR) is 88.6 cm³/mol. The predicted octanol–water partition coefficient (Wildman–Crippen LogP) is 2.16. The van der Waals surface area contributed by atoms with Crippen LogP contribution in [0.2, 0.25) is 0 Å². The molecular formula is C17H16N2O5. The lowest BCUT2D eigenvalue weighted by atomic mass is 10.3. The summed E-state index contributed by atoms with van der Waals surface area (Å²) >= 11 is 0. The van der Waals surface area contributed by atoms with E-state index in [0.717, 1.165) is 0 Å². The van der Waals surface area contributed by atoms with Gasteiger partial charge in [0, 0.05) is 12.7 Å². The normalized spacial score (nSPS) is 10.6. The van der Waals surface area contributed by atoms with Gasteiger partial charge in [0.15, 0.2) is 23.7 Å². The molecule has 0 aliphatic heterocycles. The monoisotopic (exact) mass is 328 g/mol. The zero-order chi connectivity index (χ0) is 17.1. The SMILES string of the molecule is COc1ccccc1OCC(=O)Nc1ccc2oc(=O)n(C)c2c1. The molecule has 3 rings (SSSR count). The molecule has 0 saturated carbocycles. The molecular weight excluding hydrogens is 312 g/mol. The van der Waals surface area contributed by atoms with Gasteiger partial charge in [0.1, 0.15) is 0 Å². The minimum absolute atomic E-state index is 0.164. The minimum Gasteiger partial charge on any atom is -0.493 e. The number of anilines is 1. The van der Waals surface area contributed by atoms with E-state index in [1.54, 1.807) is 43.4 Å². The number of carbonyl (C=O) groups is 1. The number of nitrogens with one attached hydrogen (secondary N) is 1. The number of hydrogen-bond acceptors (Lipinski definition) is 5. The molecule has 0 atom stereocenters. The Balaban J connectivity index is 1.68. The number of hydrogen-bond donors (Lipinski definition) is 1. The van der Waals surface area contributed by atoms with Crippen molar-refractivity contribution in [1.82, 2.24) is 4.57 Å². The van der Waals surface area contributed by atoms with Crippen molar-refractivity contribution in [3.05, 3.63) is 53.0 Å². The summed E-state index contributed by atoms with van der Waals surface area (Å²) in [6.07, 6.45) is 0. The van der Waals surface area contributed by atoms with Crippen LogP contribution in [0.4, 0.5) is 5.69 Å². The molecule has 2 aromatic carbocycles. The van der Waals surface area contributed by atoms with Crippen molar-refractivity contribution in [3.8, 4) is 11.5 Å². The van der Waals surface area contributed by atoms with Crippen LogP contribution < -0.4 is 20.5 Å². The van der Waals surface area contributed by atoms with Gasteiger partial charge in [-0.1, -0.05) is 12.1 Å². The molecule has 0 bridgehead atoms. The van der Waals surface area contributed by atoms with Gasteiger partial charge in [-0.05, 0) is 30.3 Å². The Morgan fingerprint density at radius 2 is 1.96 bits per heavy atom. The van der Waals surface area contributed by atoms with Crippen LogP contribution in [0.15, 0.2) is 51.7 Å². The Hall–Kier alpha value is -3.22. The lowest BCUT2D eigenvalue weighted by Crippen LogP contribution is -2.20. The zero-order valence-electron chi connectivity index (χ0n) is 13.2. The third-order valence-corrected chi connectivity index (χ3v) is 3.50. The van der Waals surface area contributed by atoms with E-state index in [4.69, 9.17) is 13.9 Å². The molecule has 1 N–H and O–H groups in total. The summed E-state index contributed by atoms with van der Waals surface area (Å²) in [5.41, 5.74) is 1.61. The number of para-hydroxylation sites is 2. The minimum atomic E-state index is -0.451. The first-order chi connectivity index (χ1) is 11.6. The van der Waals surface area contributed by atoms with Crippen molar-refractivity contribution in [2.75, 3.05) is 19.0 Å². The standard InChI is InChI=1S/C17H16N2O5/c1-19-12-9-11(7-8-13(12)24-17(19)21)18-16(20)10-23-15-6-4-3-5-14(15)22-2/h3-9H,10H2,1-2H3,(H,18,20). The van der Waals surface area contributed by atoms with Gasteiger partial charge >= 0.3 is 5.76 Å². The molecule has 0 fully saturated rings. The molecule has 0 aliphatic rings. The highest BCUT2D eigenvalue weighted by Gasteiger charge is 2.10. The van der Waals surface area contributed by atoms with Gasteiger partial charge in [0.2, 0.25) is 0 Å².